The number of aromatic nitrogens is 1. The van der Waals surface area contributed by atoms with Crippen molar-refractivity contribution in [3.8, 4) is 21.9 Å². The van der Waals surface area contributed by atoms with Crippen molar-refractivity contribution in [2.45, 2.75) is 146 Å². The number of hydrogen-bond acceptors (Lipinski definition) is 12. The minimum absolute atomic E-state index is 0.0535. The van der Waals surface area contributed by atoms with E-state index >= 15 is 4.39 Å². The number of aryl methyl sites for hydroxylation is 1. The first-order valence-corrected chi connectivity index (χ1v) is 25.6. The number of thioether (sulfide) groups is 1. The normalized spacial score (nSPS) is 22.7. The summed E-state index contributed by atoms with van der Waals surface area (Å²) in [5.41, 5.74) is 2.61. The van der Waals surface area contributed by atoms with Crippen LogP contribution in [0.25, 0.3) is 10.4 Å². The van der Waals surface area contributed by atoms with Gasteiger partial charge in [-0.15, -0.1) is 11.3 Å². The molecule has 4 aliphatic rings. The van der Waals surface area contributed by atoms with Gasteiger partial charge < -0.3 is 39.8 Å². The number of β-amino-alcohol motifs (C(OH)–C–C–N with tert-alkyl or cyclic N) is 1. The van der Waals surface area contributed by atoms with E-state index in [-0.39, 0.29) is 44.4 Å². The van der Waals surface area contributed by atoms with E-state index in [1.54, 1.807) is 42.3 Å². The summed E-state index contributed by atoms with van der Waals surface area (Å²) < 4.78 is 31.6. The number of benzene rings is 2. The van der Waals surface area contributed by atoms with Gasteiger partial charge in [0.15, 0.2) is 5.67 Å². The van der Waals surface area contributed by atoms with Crippen LogP contribution in [0.4, 0.5) is 14.9 Å². The number of rotatable bonds is 17. The van der Waals surface area contributed by atoms with Crippen LogP contribution in [0.1, 0.15) is 104 Å². The van der Waals surface area contributed by atoms with E-state index in [1.807, 2.05) is 77.4 Å². The first-order valence-electron chi connectivity index (χ1n) is 23.8. The lowest BCUT2D eigenvalue weighted by atomic mass is 9.82. The van der Waals surface area contributed by atoms with Crippen LogP contribution in [-0.2, 0) is 25.7 Å². The summed E-state index contributed by atoms with van der Waals surface area (Å²) in [7, 11) is 1.55. The molecule has 14 nitrogen and oxygen atoms in total. The van der Waals surface area contributed by atoms with Gasteiger partial charge in [-0.2, -0.15) is 11.8 Å². The minimum Gasteiger partial charge on any atom is -0.494 e. The highest BCUT2D eigenvalue weighted by molar-refractivity contribution is 8.00. The lowest BCUT2D eigenvalue weighted by Gasteiger charge is -2.39. The maximum Gasteiger partial charge on any atom is 0.412 e. The van der Waals surface area contributed by atoms with Gasteiger partial charge in [0, 0.05) is 50.0 Å². The number of aliphatic hydroxyl groups is 1. The van der Waals surface area contributed by atoms with Crippen LogP contribution in [0.5, 0.6) is 11.5 Å². The Bertz CT molecular complexity index is 2200. The fraction of sp³-hybridized carbons (Fsp3) is 0.620. The van der Waals surface area contributed by atoms with Crippen LogP contribution >= 0.6 is 23.1 Å². The monoisotopic (exact) mass is 964 g/mol. The number of carbonyl (C=O) groups is 4. The number of methoxy groups -OCH3 is 1. The summed E-state index contributed by atoms with van der Waals surface area (Å²) in [6, 6.07) is 11.2. The second-order valence-corrected chi connectivity index (χ2v) is 22.9. The lowest BCUT2D eigenvalue weighted by Crippen LogP contribution is -2.61. The zero-order valence-electron chi connectivity index (χ0n) is 40.0. The standard InChI is InChI=1S/C50H69FN6O8S2/c1-31-42(66-30-53-31)35-14-12-32(13-15-35)26-52-44(59)40-24-36(58)28-57(40)45(60)43(55-46(61)50(51)20-21-50)49(5,6)67-29-34-10-8-33(9-11-34)27-56-22-18-37(19-23-56)64-38-16-17-39(41(25-38)63-7)54-47(62)65-48(2,3)4/h12-17,25,30,33-34,36-37,40,43,58H,8-11,18-24,26-29H2,1-7H3,(H,52,59)(H,54,62)(H,55,61)/t33-,34-,36-,40+,43?/m1/s1. The molecule has 3 atom stereocenters. The fourth-order valence-electron chi connectivity index (χ4n) is 9.29. The average molecular weight is 965 g/mol. The Morgan fingerprint density at radius 1 is 0.985 bits per heavy atom. The molecule has 0 spiro atoms. The largest absolute Gasteiger partial charge is 0.494 e. The van der Waals surface area contributed by atoms with Gasteiger partial charge in [0.05, 0.1) is 35.0 Å². The van der Waals surface area contributed by atoms with Crippen molar-refractivity contribution in [1.82, 2.24) is 25.4 Å². The molecule has 2 saturated heterocycles. The average Bonchev–Trinajstić information content (AvgIpc) is 3.70. The van der Waals surface area contributed by atoms with E-state index in [1.165, 1.54) is 4.90 Å². The maximum absolute atomic E-state index is 15.2. The van der Waals surface area contributed by atoms with E-state index in [0.717, 1.165) is 85.6 Å². The van der Waals surface area contributed by atoms with Gasteiger partial charge in [-0.1, -0.05) is 24.3 Å². The number of aliphatic hydroxyl groups excluding tert-OH is 1. The number of piperidine rings is 1. The smallest absolute Gasteiger partial charge is 0.412 e. The Morgan fingerprint density at radius 2 is 1.67 bits per heavy atom. The molecule has 4 fully saturated rings. The molecule has 2 aliphatic carbocycles. The molecule has 3 aromatic rings. The van der Waals surface area contributed by atoms with Crippen LogP contribution in [0.3, 0.4) is 0 Å². The van der Waals surface area contributed by atoms with Crippen molar-refractivity contribution in [2.75, 3.05) is 44.4 Å². The summed E-state index contributed by atoms with van der Waals surface area (Å²) in [6.45, 7) is 14.3. The summed E-state index contributed by atoms with van der Waals surface area (Å²) in [4.78, 5) is 63.1. The van der Waals surface area contributed by atoms with Gasteiger partial charge in [-0.3, -0.25) is 19.7 Å². The van der Waals surface area contributed by atoms with Crippen molar-refractivity contribution in [1.29, 1.82) is 0 Å². The van der Waals surface area contributed by atoms with Gasteiger partial charge in [0.2, 0.25) is 11.8 Å². The fourth-order valence-corrected chi connectivity index (χ4v) is 11.4. The second kappa shape index (κ2) is 21.5. The highest BCUT2D eigenvalue weighted by atomic mass is 32.2. The van der Waals surface area contributed by atoms with Crippen LogP contribution in [0.2, 0.25) is 0 Å². The lowest BCUT2D eigenvalue weighted by molar-refractivity contribution is -0.143. The molecule has 3 heterocycles. The molecule has 0 bridgehead atoms. The van der Waals surface area contributed by atoms with E-state index in [0.29, 0.717) is 29.0 Å². The third-order valence-corrected chi connectivity index (χ3v) is 16.0. The number of carbonyl (C=O) groups excluding carboxylic acids is 4. The predicted molar refractivity (Wildman–Crippen MR) is 260 cm³/mol. The highest BCUT2D eigenvalue weighted by Crippen LogP contribution is 2.42. The molecule has 366 valence electrons. The summed E-state index contributed by atoms with van der Waals surface area (Å²) >= 11 is 3.18. The molecule has 2 saturated carbocycles. The summed E-state index contributed by atoms with van der Waals surface area (Å²) in [6.07, 6.45) is 5.05. The SMILES string of the molecule is COc1cc(OC2CCN(C[C@H]3CC[C@H](CSC(C)(C)C(NC(=O)C4(F)CC4)C(=O)N4C[C@H](O)C[C@H]4C(=O)NCc4ccc(-c5scnc5C)cc4)CC3)CC2)ccc1NC(=O)OC(C)(C)C. The predicted octanol–water partition coefficient (Wildman–Crippen LogP) is 7.90. The second-order valence-electron chi connectivity index (χ2n) is 20.4. The molecular formula is C50H69FN6O8S2. The maximum atomic E-state index is 15.2. The van der Waals surface area contributed by atoms with Crippen molar-refractivity contribution in [2.24, 2.45) is 11.8 Å². The summed E-state index contributed by atoms with van der Waals surface area (Å²) in [5, 5.41) is 19.3. The Kier molecular flexibility index (Phi) is 16.2. The number of likely N-dealkylation sites (tertiary alicyclic amines) is 2. The number of anilines is 1. The van der Waals surface area contributed by atoms with Gasteiger partial charge >= 0.3 is 6.09 Å². The Labute approximate surface area is 402 Å². The minimum atomic E-state index is -1.99. The zero-order valence-corrected chi connectivity index (χ0v) is 41.7. The van der Waals surface area contributed by atoms with Gasteiger partial charge in [0.1, 0.15) is 35.3 Å². The molecule has 17 heteroatoms. The molecule has 2 aliphatic heterocycles. The zero-order chi connectivity index (χ0) is 48.1. The van der Waals surface area contributed by atoms with Crippen LogP contribution in [0, 0.1) is 18.8 Å². The Morgan fingerprint density at radius 3 is 2.30 bits per heavy atom. The molecule has 1 aromatic heterocycles. The van der Waals surface area contributed by atoms with E-state index in [9.17, 15) is 24.3 Å². The Balaban J connectivity index is 0.875. The molecule has 4 N–H and O–H groups in total. The molecule has 2 aromatic carbocycles. The number of hydrogen-bond donors (Lipinski definition) is 4. The van der Waals surface area contributed by atoms with Crippen LogP contribution in [-0.4, -0.2) is 123 Å². The molecule has 4 amide bonds. The number of halogens is 1. The van der Waals surface area contributed by atoms with E-state index in [2.05, 4.69) is 25.8 Å². The first kappa shape index (κ1) is 50.4. The molecule has 7 rings (SSSR count). The van der Waals surface area contributed by atoms with Crippen molar-refractivity contribution in [3.05, 3.63) is 59.2 Å². The quantitative estimate of drug-likeness (QED) is 0.104. The Hall–Kier alpha value is -4.45. The molecule has 1 unspecified atom stereocenters. The van der Waals surface area contributed by atoms with E-state index < -0.39 is 52.1 Å². The number of nitrogens with zero attached hydrogens (tertiary/aromatic N) is 3. The molecule has 67 heavy (non-hydrogen) atoms. The first-order chi connectivity index (χ1) is 31.8. The number of alkyl halides is 1. The molecule has 0 radical (unpaired) electrons. The number of thiazole rings is 1. The van der Waals surface area contributed by atoms with Crippen molar-refractivity contribution >= 4 is 52.6 Å². The van der Waals surface area contributed by atoms with Crippen LogP contribution in [0.15, 0.2) is 48.0 Å². The number of amides is 4. The molecular weight excluding hydrogens is 896 g/mol. The van der Waals surface area contributed by atoms with Gasteiger partial charge in [0.25, 0.3) is 5.91 Å². The topological polar surface area (TPSA) is 172 Å². The van der Waals surface area contributed by atoms with Gasteiger partial charge in [-0.25, -0.2) is 14.2 Å². The number of nitrogens with one attached hydrogen (secondary N) is 3. The summed E-state index contributed by atoms with van der Waals surface area (Å²) in [5.74, 6) is 1.31. The van der Waals surface area contributed by atoms with E-state index in [4.69, 9.17) is 14.2 Å². The van der Waals surface area contributed by atoms with Gasteiger partial charge in [-0.05, 0) is 134 Å². The highest BCUT2D eigenvalue weighted by Gasteiger charge is 2.54. The third-order valence-electron chi connectivity index (χ3n) is 13.4. The number of ether oxygens (including phenoxy) is 3. The van der Waals surface area contributed by atoms with Crippen LogP contribution < -0.4 is 25.4 Å². The van der Waals surface area contributed by atoms with Crippen molar-refractivity contribution < 1.29 is 42.9 Å². The third kappa shape index (κ3) is 13.4. The van der Waals surface area contributed by atoms with Crippen molar-refractivity contribution in [3.63, 3.8) is 0 Å².